The number of carboxylic acids is 1. The molecular weight excluding hydrogens is 276 g/mol. The van der Waals surface area contributed by atoms with Crippen LogP contribution in [0, 0.1) is 11.3 Å². The first-order chi connectivity index (χ1) is 9.56. The molecule has 6 heteroatoms. The lowest BCUT2D eigenvalue weighted by molar-refractivity contribution is -0.136. The quantitative estimate of drug-likeness (QED) is 0.805. The molecule has 0 aliphatic rings. The second-order valence-electron chi connectivity index (χ2n) is 4.09. The molecule has 2 N–H and O–H groups in total. The first-order valence-electron chi connectivity index (χ1n) is 6.21. The lowest BCUT2D eigenvalue weighted by Crippen LogP contribution is -2.17. The summed E-state index contributed by atoms with van der Waals surface area (Å²) in [5.41, 5.74) is 1.16. The van der Waals surface area contributed by atoms with Gasteiger partial charge in [0.2, 0.25) is 5.91 Å². The summed E-state index contributed by atoms with van der Waals surface area (Å²) in [6.45, 7) is 1.81. The number of carbonyl (C=O) groups is 2. The Kier molecular flexibility index (Phi) is 6.60. The fraction of sp³-hybridized carbons (Fsp3) is 0.357. The normalized spacial score (nSPS) is 11.4. The second-order valence-corrected chi connectivity index (χ2v) is 5.40. The van der Waals surface area contributed by atoms with E-state index in [9.17, 15) is 9.59 Å². The van der Waals surface area contributed by atoms with E-state index in [1.165, 1.54) is 11.8 Å². The topological polar surface area (TPSA) is 90.2 Å². The molecule has 1 unspecified atom stereocenters. The molecule has 0 saturated carbocycles. The van der Waals surface area contributed by atoms with Crippen LogP contribution in [0.2, 0.25) is 0 Å². The summed E-state index contributed by atoms with van der Waals surface area (Å²) in [6.07, 6.45) is 0.797. The molecule has 1 amide bonds. The number of rotatable bonds is 7. The van der Waals surface area contributed by atoms with Crippen molar-refractivity contribution >= 4 is 29.3 Å². The summed E-state index contributed by atoms with van der Waals surface area (Å²) < 4.78 is 0. The number of carboxylic acid groups (broad SMARTS) is 1. The highest BCUT2D eigenvalue weighted by Gasteiger charge is 2.15. The molecule has 20 heavy (non-hydrogen) atoms. The molecule has 1 rings (SSSR count). The summed E-state index contributed by atoms with van der Waals surface area (Å²) >= 11 is 1.27. The highest BCUT2D eigenvalue weighted by molar-refractivity contribution is 8.00. The molecule has 106 valence electrons. The van der Waals surface area contributed by atoms with Gasteiger partial charge in [-0.25, -0.2) is 0 Å². The Morgan fingerprint density at radius 3 is 2.55 bits per heavy atom. The molecule has 0 bridgehead atoms. The van der Waals surface area contributed by atoms with E-state index in [0.29, 0.717) is 23.4 Å². The fourth-order valence-electron chi connectivity index (χ4n) is 1.51. The average molecular weight is 292 g/mol. The molecule has 1 atom stereocenters. The van der Waals surface area contributed by atoms with Crippen molar-refractivity contribution in [3.8, 4) is 6.07 Å². The number of hydrogen-bond donors (Lipinski definition) is 2. The van der Waals surface area contributed by atoms with Crippen LogP contribution >= 0.6 is 11.8 Å². The molecule has 0 heterocycles. The highest BCUT2D eigenvalue weighted by atomic mass is 32.2. The van der Waals surface area contributed by atoms with Crippen molar-refractivity contribution in [1.29, 1.82) is 5.26 Å². The van der Waals surface area contributed by atoms with E-state index in [0.717, 1.165) is 0 Å². The van der Waals surface area contributed by atoms with Crippen LogP contribution in [0.3, 0.4) is 0 Å². The van der Waals surface area contributed by atoms with E-state index in [4.69, 9.17) is 10.4 Å². The van der Waals surface area contributed by atoms with Crippen molar-refractivity contribution in [1.82, 2.24) is 0 Å². The minimum Gasteiger partial charge on any atom is -0.480 e. The molecule has 0 fully saturated rings. The lowest BCUT2D eigenvalue weighted by atomic mass is 10.2. The van der Waals surface area contributed by atoms with Gasteiger partial charge in [-0.3, -0.25) is 9.59 Å². The van der Waals surface area contributed by atoms with Gasteiger partial charge in [0.25, 0.3) is 0 Å². The fourth-order valence-corrected chi connectivity index (χ4v) is 2.48. The van der Waals surface area contributed by atoms with E-state index >= 15 is 0 Å². The number of aliphatic carboxylic acids is 1. The molecule has 0 spiro atoms. The summed E-state index contributed by atoms with van der Waals surface area (Å²) in [5.74, 6) is -0.542. The number of anilines is 1. The Hall–Kier alpha value is -2.00. The van der Waals surface area contributed by atoms with Gasteiger partial charge in [-0.1, -0.05) is 6.92 Å². The molecule has 0 aliphatic carbocycles. The third-order valence-corrected chi connectivity index (χ3v) is 3.97. The Labute approximate surface area is 122 Å². The standard InChI is InChI=1S/C14H16N2O3S/c1-2-12(14(18)19)20-8-7-13(17)16-11-5-3-10(9-15)4-6-11/h3-6,12H,2,7-8H2,1H3,(H,16,17)(H,18,19). The van der Waals surface area contributed by atoms with Gasteiger partial charge in [-0.15, -0.1) is 11.8 Å². The number of carbonyl (C=O) groups excluding carboxylic acids is 1. The molecule has 0 radical (unpaired) electrons. The van der Waals surface area contributed by atoms with Gasteiger partial charge in [0.1, 0.15) is 5.25 Å². The van der Waals surface area contributed by atoms with Crippen LogP contribution in [-0.2, 0) is 9.59 Å². The number of nitriles is 1. The monoisotopic (exact) mass is 292 g/mol. The van der Waals surface area contributed by atoms with Crippen molar-refractivity contribution in [2.45, 2.75) is 25.0 Å². The molecule has 1 aromatic rings. The van der Waals surface area contributed by atoms with Crippen LogP contribution in [0.15, 0.2) is 24.3 Å². The van der Waals surface area contributed by atoms with Crippen LogP contribution in [0.5, 0.6) is 0 Å². The van der Waals surface area contributed by atoms with Crippen molar-refractivity contribution in [3.05, 3.63) is 29.8 Å². The van der Waals surface area contributed by atoms with Crippen molar-refractivity contribution in [3.63, 3.8) is 0 Å². The zero-order valence-corrected chi connectivity index (χ0v) is 11.9. The van der Waals surface area contributed by atoms with Crippen LogP contribution in [0.25, 0.3) is 0 Å². The zero-order chi connectivity index (χ0) is 15.0. The van der Waals surface area contributed by atoms with E-state index in [1.807, 2.05) is 13.0 Å². The zero-order valence-electron chi connectivity index (χ0n) is 11.1. The smallest absolute Gasteiger partial charge is 0.316 e. The van der Waals surface area contributed by atoms with Gasteiger partial charge in [0, 0.05) is 17.9 Å². The molecule has 5 nitrogen and oxygen atoms in total. The van der Waals surface area contributed by atoms with Crippen molar-refractivity contribution in [2.24, 2.45) is 0 Å². The molecule has 1 aromatic carbocycles. The van der Waals surface area contributed by atoms with Crippen LogP contribution < -0.4 is 5.32 Å². The van der Waals surface area contributed by atoms with Gasteiger partial charge in [-0.2, -0.15) is 5.26 Å². The predicted molar refractivity (Wildman–Crippen MR) is 78.6 cm³/mol. The first kappa shape index (κ1) is 16.1. The number of nitrogens with one attached hydrogen (secondary N) is 1. The second kappa shape index (κ2) is 8.23. The van der Waals surface area contributed by atoms with Gasteiger partial charge in [0.05, 0.1) is 11.6 Å². The Morgan fingerprint density at radius 1 is 1.40 bits per heavy atom. The molecule has 0 aliphatic heterocycles. The van der Waals surface area contributed by atoms with Gasteiger partial charge < -0.3 is 10.4 Å². The van der Waals surface area contributed by atoms with Crippen LogP contribution in [0.4, 0.5) is 5.69 Å². The minimum atomic E-state index is -0.843. The van der Waals surface area contributed by atoms with Crippen LogP contribution in [0.1, 0.15) is 25.3 Å². The number of nitrogens with zero attached hydrogens (tertiary/aromatic N) is 1. The summed E-state index contributed by atoms with van der Waals surface area (Å²) in [5, 5.41) is 19.8. The first-order valence-corrected chi connectivity index (χ1v) is 7.26. The molecular formula is C14H16N2O3S. The maximum Gasteiger partial charge on any atom is 0.316 e. The van der Waals surface area contributed by atoms with Crippen molar-refractivity contribution < 1.29 is 14.7 Å². The number of benzene rings is 1. The third-order valence-electron chi connectivity index (χ3n) is 2.59. The van der Waals surface area contributed by atoms with E-state index in [-0.39, 0.29) is 12.3 Å². The van der Waals surface area contributed by atoms with Crippen LogP contribution in [-0.4, -0.2) is 28.0 Å². The Balaban J connectivity index is 2.36. The third kappa shape index (κ3) is 5.33. The maximum absolute atomic E-state index is 11.7. The van der Waals surface area contributed by atoms with E-state index in [1.54, 1.807) is 24.3 Å². The summed E-state index contributed by atoms with van der Waals surface area (Å²) in [6, 6.07) is 8.58. The SMILES string of the molecule is CCC(SCCC(=O)Nc1ccc(C#N)cc1)C(=O)O. The van der Waals surface area contributed by atoms with Crippen molar-refractivity contribution in [2.75, 3.05) is 11.1 Å². The average Bonchev–Trinajstić information content (AvgIpc) is 2.44. The van der Waals surface area contributed by atoms with E-state index in [2.05, 4.69) is 5.32 Å². The predicted octanol–water partition coefficient (Wildman–Crippen LogP) is 2.48. The summed E-state index contributed by atoms with van der Waals surface area (Å²) in [4.78, 5) is 22.5. The number of thioether (sulfide) groups is 1. The van der Waals surface area contributed by atoms with Gasteiger partial charge in [-0.05, 0) is 30.7 Å². The largest absolute Gasteiger partial charge is 0.480 e. The molecule has 0 saturated heterocycles. The number of amides is 1. The Morgan fingerprint density at radius 2 is 2.05 bits per heavy atom. The highest BCUT2D eigenvalue weighted by Crippen LogP contribution is 2.16. The molecule has 0 aromatic heterocycles. The maximum atomic E-state index is 11.7. The summed E-state index contributed by atoms with van der Waals surface area (Å²) in [7, 11) is 0. The minimum absolute atomic E-state index is 0.164. The lowest BCUT2D eigenvalue weighted by Gasteiger charge is -2.09. The van der Waals surface area contributed by atoms with Gasteiger partial charge in [0.15, 0.2) is 0 Å². The Bertz CT molecular complexity index is 508. The van der Waals surface area contributed by atoms with Gasteiger partial charge >= 0.3 is 5.97 Å². The van der Waals surface area contributed by atoms with E-state index < -0.39 is 11.2 Å². The number of hydrogen-bond acceptors (Lipinski definition) is 4.